The molecule has 1 aromatic heterocycles. The van der Waals surface area contributed by atoms with Crippen LogP contribution in [0, 0.1) is 12.8 Å². The Bertz CT molecular complexity index is 1080. The Morgan fingerprint density at radius 1 is 1.12 bits per heavy atom. The predicted octanol–water partition coefficient (Wildman–Crippen LogP) is 6.22. The molecule has 166 valence electrons. The molecule has 4 rings (SSSR count). The van der Waals surface area contributed by atoms with Crippen molar-refractivity contribution in [2.24, 2.45) is 5.92 Å². The lowest BCUT2D eigenvalue weighted by atomic mass is 9.99. The van der Waals surface area contributed by atoms with Crippen molar-refractivity contribution in [2.45, 2.75) is 37.6 Å². The summed E-state index contributed by atoms with van der Waals surface area (Å²) in [5, 5.41) is 4.06. The van der Waals surface area contributed by atoms with Gasteiger partial charge in [-0.15, -0.1) is 0 Å². The minimum absolute atomic E-state index is 0.124. The van der Waals surface area contributed by atoms with Gasteiger partial charge in [-0.25, -0.2) is 9.97 Å². The summed E-state index contributed by atoms with van der Waals surface area (Å²) < 4.78 is 0. The van der Waals surface area contributed by atoms with Gasteiger partial charge >= 0.3 is 0 Å². The summed E-state index contributed by atoms with van der Waals surface area (Å²) in [5.41, 5.74) is 3.60. The monoisotopic (exact) mass is 466 g/mol. The van der Waals surface area contributed by atoms with Gasteiger partial charge in [-0.05, 0) is 55.5 Å². The summed E-state index contributed by atoms with van der Waals surface area (Å²) in [6.45, 7) is 6.31. The quantitative estimate of drug-likeness (QED) is 0.265. The molecule has 0 saturated carbocycles. The van der Waals surface area contributed by atoms with Gasteiger partial charge in [-0.3, -0.25) is 4.79 Å². The molecular formula is C25H27ClN4OS. The van der Waals surface area contributed by atoms with Crippen molar-refractivity contribution in [1.82, 2.24) is 9.97 Å². The zero-order valence-corrected chi connectivity index (χ0v) is 19.9. The Balaban J connectivity index is 1.41. The maximum absolute atomic E-state index is 12.6. The molecule has 0 radical (unpaired) electrons. The van der Waals surface area contributed by atoms with Crippen LogP contribution in [0.15, 0.2) is 59.8 Å². The maximum Gasteiger partial charge on any atom is 0.255 e. The zero-order chi connectivity index (χ0) is 22.5. The molecule has 2 aromatic carbocycles. The average Bonchev–Trinajstić information content (AvgIpc) is 2.79. The standard InChI is InChI=1S/C25H27ClN4OS/c1-17-6-8-21(9-7-17)27-24(31)20-5-3-4-19(14-20)16-32-25-28-22(26)15-23(29-25)30-12-10-18(2)11-13-30/h3-9,14-15,18H,10-13,16H2,1-2H3,(H,27,31). The minimum atomic E-state index is -0.124. The van der Waals surface area contributed by atoms with Crippen LogP contribution in [0.2, 0.25) is 5.15 Å². The molecule has 1 aliphatic rings. The molecular weight excluding hydrogens is 440 g/mol. The lowest BCUT2D eigenvalue weighted by molar-refractivity contribution is 0.102. The van der Waals surface area contributed by atoms with Gasteiger partial charge in [-0.1, -0.05) is 60.1 Å². The van der Waals surface area contributed by atoms with Gasteiger partial charge in [0.15, 0.2) is 5.16 Å². The first kappa shape index (κ1) is 22.6. The molecule has 0 atom stereocenters. The van der Waals surface area contributed by atoms with E-state index in [4.69, 9.17) is 16.6 Å². The third-order valence-electron chi connectivity index (χ3n) is 5.64. The van der Waals surface area contributed by atoms with Crippen LogP contribution < -0.4 is 10.2 Å². The van der Waals surface area contributed by atoms with E-state index >= 15 is 0 Å². The maximum atomic E-state index is 12.6. The Morgan fingerprint density at radius 2 is 1.88 bits per heavy atom. The van der Waals surface area contributed by atoms with Gasteiger partial charge in [-0.2, -0.15) is 0 Å². The molecule has 0 aliphatic carbocycles. The van der Waals surface area contributed by atoms with Gasteiger partial charge in [0.25, 0.3) is 5.91 Å². The Labute approximate surface area is 198 Å². The topological polar surface area (TPSA) is 58.1 Å². The second-order valence-electron chi connectivity index (χ2n) is 8.31. The van der Waals surface area contributed by atoms with Gasteiger partial charge < -0.3 is 10.2 Å². The van der Waals surface area contributed by atoms with Crippen LogP contribution in [-0.4, -0.2) is 29.0 Å². The lowest BCUT2D eigenvalue weighted by Crippen LogP contribution is -2.33. The van der Waals surface area contributed by atoms with Crippen LogP contribution >= 0.6 is 23.4 Å². The fraction of sp³-hybridized carbons (Fsp3) is 0.320. The molecule has 1 fully saturated rings. The van der Waals surface area contributed by atoms with E-state index in [-0.39, 0.29) is 5.91 Å². The lowest BCUT2D eigenvalue weighted by Gasteiger charge is -2.31. The van der Waals surface area contributed by atoms with Crippen molar-refractivity contribution >= 4 is 40.8 Å². The highest BCUT2D eigenvalue weighted by Gasteiger charge is 2.18. The molecule has 0 bridgehead atoms. The number of carbonyl (C=O) groups excluding carboxylic acids is 1. The van der Waals surface area contributed by atoms with Crippen molar-refractivity contribution in [2.75, 3.05) is 23.3 Å². The Hall–Kier alpha value is -2.57. The van der Waals surface area contributed by atoms with Crippen LogP contribution in [0.4, 0.5) is 11.5 Å². The van der Waals surface area contributed by atoms with E-state index in [0.29, 0.717) is 21.6 Å². The number of anilines is 2. The first-order valence-corrected chi connectivity index (χ1v) is 12.2. The number of piperidine rings is 1. The first-order valence-electron chi connectivity index (χ1n) is 10.9. The molecule has 0 unspecified atom stereocenters. The van der Waals surface area contributed by atoms with Crippen LogP contribution in [-0.2, 0) is 5.75 Å². The van der Waals surface area contributed by atoms with Crippen LogP contribution in [0.25, 0.3) is 0 Å². The van der Waals surface area contributed by atoms with E-state index in [1.165, 1.54) is 24.6 Å². The number of aryl methyl sites for hydroxylation is 1. The fourth-order valence-corrected chi connectivity index (χ4v) is 4.66. The van der Waals surface area contributed by atoms with E-state index < -0.39 is 0 Å². The largest absolute Gasteiger partial charge is 0.356 e. The summed E-state index contributed by atoms with van der Waals surface area (Å²) in [6.07, 6.45) is 2.34. The number of thioether (sulfide) groups is 1. The highest BCUT2D eigenvalue weighted by atomic mass is 35.5. The third kappa shape index (κ3) is 6.02. The van der Waals surface area contributed by atoms with Gasteiger partial charge in [0.1, 0.15) is 11.0 Å². The van der Waals surface area contributed by atoms with Gasteiger partial charge in [0, 0.05) is 36.2 Å². The Kier molecular flexibility index (Phi) is 7.33. The van der Waals surface area contributed by atoms with E-state index in [9.17, 15) is 4.79 Å². The fourth-order valence-electron chi connectivity index (χ4n) is 3.64. The number of benzene rings is 2. The van der Waals surface area contributed by atoms with Crippen molar-refractivity contribution in [3.8, 4) is 0 Å². The molecule has 32 heavy (non-hydrogen) atoms. The summed E-state index contributed by atoms with van der Waals surface area (Å²) in [7, 11) is 0. The molecule has 7 heteroatoms. The number of carbonyl (C=O) groups is 1. The van der Waals surface area contributed by atoms with Crippen molar-refractivity contribution in [3.63, 3.8) is 0 Å². The molecule has 2 heterocycles. The smallest absolute Gasteiger partial charge is 0.255 e. The zero-order valence-electron chi connectivity index (χ0n) is 18.3. The number of hydrogen-bond acceptors (Lipinski definition) is 5. The second-order valence-corrected chi connectivity index (χ2v) is 9.64. The van der Waals surface area contributed by atoms with E-state index in [0.717, 1.165) is 41.6 Å². The van der Waals surface area contributed by atoms with E-state index in [2.05, 4.69) is 22.1 Å². The first-order chi connectivity index (χ1) is 15.5. The molecule has 0 spiro atoms. The van der Waals surface area contributed by atoms with Crippen molar-refractivity contribution in [3.05, 3.63) is 76.4 Å². The van der Waals surface area contributed by atoms with Crippen molar-refractivity contribution in [1.29, 1.82) is 0 Å². The van der Waals surface area contributed by atoms with E-state index in [1.807, 2.05) is 61.5 Å². The minimum Gasteiger partial charge on any atom is -0.356 e. The molecule has 5 nitrogen and oxygen atoms in total. The summed E-state index contributed by atoms with van der Waals surface area (Å²) in [6, 6.07) is 17.3. The third-order valence-corrected chi connectivity index (χ3v) is 6.75. The van der Waals surface area contributed by atoms with Crippen LogP contribution in [0.3, 0.4) is 0 Å². The highest BCUT2D eigenvalue weighted by Crippen LogP contribution is 2.27. The second kappa shape index (κ2) is 10.4. The number of amides is 1. The van der Waals surface area contributed by atoms with Gasteiger partial charge in [0.05, 0.1) is 0 Å². The summed E-state index contributed by atoms with van der Waals surface area (Å²) in [5.74, 6) is 2.18. The molecule has 3 aromatic rings. The SMILES string of the molecule is Cc1ccc(NC(=O)c2cccc(CSc3nc(Cl)cc(N4CCC(C)CC4)n3)c2)cc1. The predicted molar refractivity (Wildman–Crippen MR) is 133 cm³/mol. The molecule has 1 amide bonds. The molecule has 1 aliphatic heterocycles. The summed E-state index contributed by atoms with van der Waals surface area (Å²) >= 11 is 7.82. The molecule has 1 N–H and O–H groups in total. The summed E-state index contributed by atoms with van der Waals surface area (Å²) in [4.78, 5) is 24.1. The van der Waals surface area contributed by atoms with Crippen LogP contribution in [0.5, 0.6) is 0 Å². The van der Waals surface area contributed by atoms with E-state index in [1.54, 1.807) is 0 Å². The number of nitrogens with zero attached hydrogens (tertiary/aromatic N) is 3. The normalized spacial score (nSPS) is 14.4. The number of rotatable bonds is 6. The average molecular weight is 467 g/mol. The Morgan fingerprint density at radius 3 is 2.62 bits per heavy atom. The number of halogens is 1. The number of hydrogen-bond donors (Lipinski definition) is 1. The highest BCUT2D eigenvalue weighted by molar-refractivity contribution is 7.98. The molecule has 1 saturated heterocycles. The van der Waals surface area contributed by atoms with Gasteiger partial charge in [0.2, 0.25) is 0 Å². The van der Waals surface area contributed by atoms with Crippen LogP contribution in [0.1, 0.15) is 41.3 Å². The number of nitrogens with one attached hydrogen (secondary N) is 1. The van der Waals surface area contributed by atoms with Crippen molar-refractivity contribution < 1.29 is 4.79 Å². The number of aromatic nitrogens is 2.